The SMILES string of the molecule is Cc1ccc(Cc2nn3c(=O)/c(=C\c4ccccc4)sc3nc2=O)cc1. The molecule has 0 atom stereocenters. The van der Waals surface area contributed by atoms with Crippen molar-refractivity contribution >= 4 is 22.4 Å². The maximum absolute atomic E-state index is 12.6. The molecule has 2 heterocycles. The van der Waals surface area contributed by atoms with Gasteiger partial charge in [-0.05, 0) is 24.1 Å². The molecule has 4 aromatic rings. The lowest BCUT2D eigenvalue weighted by molar-refractivity contribution is 0.811. The van der Waals surface area contributed by atoms with E-state index in [0.717, 1.165) is 16.7 Å². The number of hydrogen-bond acceptors (Lipinski definition) is 5. The minimum atomic E-state index is -0.391. The van der Waals surface area contributed by atoms with Gasteiger partial charge in [-0.2, -0.15) is 14.6 Å². The van der Waals surface area contributed by atoms with E-state index in [1.165, 1.54) is 15.9 Å². The van der Waals surface area contributed by atoms with Gasteiger partial charge in [0.15, 0.2) is 0 Å². The first-order valence-corrected chi connectivity index (χ1v) is 8.97. The molecule has 0 N–H and O–H groups in total. The predicted octanol–water partition coefficient (Wildman–Crippen LogP) is 1.96. The highest BCUT2D eigenvalue weighted by Gasteiger charge is 2.11. The van der Waals surface area contributed by atoms with E-state index in [1.807, 2.05) is 61.5 Å². The Hall–Kier alpha value is -3.12. The van der Waals surface area contributed by atoms with Gasteiger partial charge < -0.3 is 0 Å². The van der Waals surface area contributed by atoms with Crippen molar-refractivity contribution in [2.24, 2.45) is 0 Å². The summed E-state index contributed by atoms with van der Waals surface area (Å²) in [5, 5.41) is 4.27. The van der Waals surface area contributed by atoms with E-state index < -0.39 is 5.56 Å². The second-order valence-electron chi connectivity index (χ2n) is 6.05. The van der Waals surface area contributed by atoms with Crippen molar-refractivity contribution in [2.45, 2.75) is 13.3 Å². The smallest absolute Gasteiger partial charge is 0.266 e. The Labute approximate surface area is 152 Å². The Morgan fingerprint density at radius 1 is 1.04 bits per heavy atom. The number of rotatable bonds is 3. The Balaban J connectivity index is 1.80. The van der Waals surface area contributed by atoms with E-state index >= 15 is 0 Å². The van der Waals surface area contributed by atoms with Crippen molar-refractivity contribution in [3.8, 4) is 0 Å². The van der Waals surface area contributed by atoms with Crippen LogP contribution in [0.4, 0.5) is 0 Å². The molecule has 4 rings (SSSR count). The quantitative estimate of drug-likeness (QED) is 0.560. The average Bonchev–Trinajstić information content (AvgIpc) is 2.93. The summed E-state index contributed by atoms with van der Waals surface area (Å²) in [4.78, 5) is 29.3. The van der Waals surface area contributed by atoms with Crippen molar-refractivity contribution in [3.05, 3.63) is 102 Å². The number of nitrogens with zero attached hydrogens (tertiary/aromatic N) is 3. The van der Waals surface area contributed by atoms with E-state index in [2.05, 4.69) is 10.1 Å². The summed E-state index contributed by atoms with van der Waals surface area (Å²) in [6.45, 7) is 2.00. The first kappa shape index (κ1) is 16.4. The van der Waals surface area contributed by atoms with Gasteiger partial charge in [-0.15, -0.1) is 0 Å². The van der Waals surface area contributed by atoms with Crippen LogP contribution in [0.25, 0.3) is 11.0 Å². The van der Waals surface area contributed by atoms with E-state index in [0.29, 0.717) is 15.9 Å². The zero-order valence-corrected chi connectivity index (χ0v) is 14.9. The Morgan fingerprint density at radius 2 is 1.77 bits per heavy atom. The van der Waals surface area contributed by atoms with Crippen molar-refractivity contribution in [1.29, 1.82) is 0 Å². The van der Waals surface area contributed by atoms with Crippen molar-refractivity contribution in [2.75, 3.05) is 0 Å². The summed E-state index contributed by atoms with van der Waals surface area (Å²) in [5.41, 5.74) is 2.64. The fourth-order valence-corrected chi connectivity index (χ4v) is 3.56. The van der Waals surface area contributed by atoms with E-state index in [4.69, 9.17) is 0 Å². The van der Waals surface area contributed by atoms with Crippen LogP contribution in [-0.4, -0.2) is 14.6 Å². The average molecular weight is 361 g/mol. The summed E-state index contributed by atoms with van der Waals surface area (Å²) in [6.07, 6.45) is 2.13. The van der Waals surface area contributed by atoms with Gasteiger partial charge in [-0.25, -0.2) is 0 Å². The molecule has 0 saturated carbocycles. The third-order valence-corrected chi connectivity index (χ3v) is 5.00. The molecular weight excluding hydrogens is 346 g/mol. The van der Waals surface area contributed by atoms with Crippen LogP contribution in [0, 0.1) is 6.92 Å². The number of hydrogen-bond donors (Lipinski definition) is 0. The molecule has 2 aromatic heterocycles. The Kier molecular flexibility index (Phi) is 4.18. The number of fused-ring (bicyclic) bond motifs is 1. The minimum Gasteiger partial charge on any atom is -0.266 e. The molecule has 0 amide bonds. The third-order valence-electron chi connectivity index (χ3n) is 4.04. The molecule has 0 aliphatic carbocycles. The van der Waals surface area contributed by atoms with Gasteiger partial charge >= 0.3 is 0 Å². The van der Waals surface area contributed by atoms with Gasteiger partial charge in [-0.3, -0.25) is 9.59 Å². The highest BCUT2D eigenvalue weighted by atomic mass is 32.1. The molecule has 5 nitrogen and oxygen atoms in total. The molecule has 6 heteroatoms. The van der Waals surface area contributed by atoms with Gasteiger partial charge in [0.1, 0.15) is 5.69 Å². The van der Waals surface area contributed by atoms with E-state index in [1.54, 1.807) is 6.08 Å². The fraction of sp³-hybridized carbons (Fsp3) is 0.100. The lowest BCUT2D eigenvalue weighted by Gasteiger charge is -2.01. The summed E-state index contributed by atoms with van der Waals surface area (Å²) in [6, 6.07) is 17.4. The van der Waals surface area contributed by atoms with Crippen LogP contribution >= 0.6 is 11.3 Å². The minimum absolute atomic E-state index is 0.258. The molecule has 26 heavy (non-hydrogen) atoms. The Morgan fingerprint density at radius 3 is 2.50 bits per heavy atom. The van der Waals surface area contributed by atoms with E-state index in [-0.39, 0.29) is 11.3 Å². The maximum Gasteiger partial charge on any atom is 0.296 e. The lowest BCUT2D eigenvalue weighted by atomic mass is 10.1. The molecular formula is C20H15N3O2S. The van der Waals surface area contributed by atoms with Crippen LogP contribution in [-0.2, 0) is 6.42 Å². The van der Waals surface area contributed by atoms with Crippen molar-refractivity contribution < 1.29 is 0 Å². The van der Waals surface area contributed by atoms with Crippen LogP contribution < -0.4 is 15.7 Å². The number of aryl methyl sites for hydroxylation is 1. The van der Waals surface area contributed by atoms with Crippen LogP contribution in [0.5, 0.6) is 0 Å². The second kappa shape index (κ2) is 6.65. The van der Waals surface area contributed by atoms with E-state index in [9.17, 15) is 9.59 Å². The molecule has 0 unspecified atom stereocenters. The van der Waals surface area contributed by atoms with Crippen LogP contribution in [0.15, 0.2) is 64.2 Å². The molecule has 0 aliphatic heterocycles. The molecule has 0 fully saturated rings. The standard InChI is InChI=1S/C20H15N3O2S/c1-13-7-9-15(10-8-13)11-16-18(24)21-20-23(22-16)19(25)17(26-20)12-14-5-3-2-4-6-14/h2-10,12H,11H2,1H3/b17-12+. The molecule has 0 aliphatic rings. The van der Waals surface area contributed by atoms with Crippen LogP contribution in [0.2, 0.25) is 0 Å². The Bertz CT molecular complexity index is 1240. The lowest BCUT2D eigenvalue weighted by Crippen LogP contribution is -2.28. The van der Waals surface area contributed by atoms with Crippen LogP contribution in [0.1, 0.15) is 22.4 Å². The molecule has 128 valence electrons. The summed E-state index contributed by atoms with van der Waals surface area (Å²) in [5.74, 6) is 0. The highest BCUT2D eigenvalue weighted by molar-refractivity contribution is 7.15. The topological polar surface area (TPSA) is 64.3 Å². The summed E-state index contributed by atoms with van der Waals surface area (Å²) >= 11 is 1.17. The number of aromatic nitrogens is 3. The van der Waals surface area contributed by atoms with Crippen molar-refractivity contribution in [3.63, 3.8) is 0 Å². The number of benzene rings is 2. The maximum atomic E-state index is 12.6. The van der Waals surface area contributed by atoms with Crippen LogP contribution in [0.3, 0.4) is 0 Å². The zero-order chi connectivity index (χ0) is 18.1. The highest BCUT2D eigenvalue weighted by Crippen LogP contribution is 2.07. The molecule has 0 radical (unpaired) electrons. The largest absolute Gasteiger partial charge is 0.296 e. The van der Waals surface area contributed by atoms with Gasteiger partial charge in [0.2, 0.25) is 4.96 Å². The molecule has 0 spiro atoms. The van der Waals surface area contributed by atoms with Gasteiger partial charge in [-0.1, -0.05) is 71.5 Å². The fourth-order valence-electron chi connectivity index (χ4n) is 2.65. The normalized spacial score (nSPS) is 12.0. The molecule has 0 saturated heterocycles. The van der Waals surface area contributed by atoms with Gasteiger partial charge in [0.05, 0.1) is 4.53 Å². The molecule has 2 aromatic carbocycles. The predicted molar refractivity (Wildman–Crippen MR) is 103 cm³/mol. The zero-order valence-electron chi connectivity index (χ0n) is 14.0. The second-order valence-corrected chi connectivity index (χ2v) is 7.06. The summed E-state index contributed by atoms with van der Waals surface area (Å²) < 4.78 is 1.73. The first-order chi connectivity index (χ1) is 12.6. The van der Waals surface area contributed by atoms with Gasteiger partial charge in [0.25, 0.3) is 11.1 Å². The van der Waals surface area contributed by atoms with Crippen molar-refractivity contribution in [1.82, 2.24) is 14.6 Å². The molecule has 0 bridgehead atoms. The number of thiazole rings is 1. The summed E-state index contributed by atoms with van der Waals surface area (Å²) in [7, 11) is 0. The first-order valence-electron chi connectivity index (χ1n) is 8.15. The monoisotopic (exact) mass is 361 g/mol. The third kappa shape index (κ3) is 3.19. The van der Waals surface area contributed by atoms with Gasteiger partial charge in [0, 0.05) is 6.42 Å².